The van der Waals surface area contributed by atoms with E-state index in [-0.39, 0.29) is 22.3 Å². The fraction of sp³-hybridized carbons (Fsp3) is 0.500. The molecule has 1 aromatic carbocycles. The zero-order chi connectivity index (χ0) is 15.3. The zero-order valence-electron chi connectivity index (χ0n) is 11.2. The van der Waals surface area contributed by atoms with Gasteiger partial charge in [0.05, 0.1) is 17.5 Å². The van der Waals surface area contributed by atoms with E-state index in [1.807, 2.05) is 0 Å². The van der Waals surface area contributed by atoms with Crippen LogP contribution < -0.4 is 0 Å². The molecule has 0 atom stereocenters. The van der Waals surface area contributed by atoms with Gasteiger partial charge >= 0.3 is 0 Å². The Hall–Kier alpha value is -0.0400. The van der Waals surface area contributed by atoms with Crippen molar-refractivity contribution in [1.82, 2.24) is 4.31 Å². The molecule has 0 saturated heterocycles. The van der Waals surface area contributed by atoms with E-state index in [1.165, 1.54) is 23.5 Å². The number of hydrogen-bond acceptors (Lipinski definition) is 3. The number of nitrogens with zero attached hydrogens (tertiary/aromatic N) is 1. The van der Waals surface area contributed by atoms with Crippen molar-refractivity contribution >= 4 is 44.8 Å². The molecule has 0 N–H and O–H groups in total. The predicted octanol–water partition coefficient (Wildman–Crippen LogP) is 3.39. The van der Waals surface area contributed by atoms with Crippen LogP contribution in [-0.4, -0.2) is 39.5 Å². The number of rotatable bonds is 7. The van der Waals surface area contributed by atoms with Crippen LogP contribution >= 0.6 is 34.8 Å². The largest absolute Gasteiger partial charge is 0.383 e. The maximum absolute atomic E-state index is 12.6. The summed E-state index contributed by atoms with van der Waals surface area (Å²) >= 11 is 17.8. The van der Waals surface area contributed by atoms with Crippen LogP contribution in [-0.2, 0) is 20.6 Å². The molecular formula is C12H16Cl3NO3S. The monoisotopic (exact) mass is 359 g/mol. The van der Waals surface area contributed by atoms with Crippen molar-refractivity contribution in [3.8, 4) is 0 Å². The van der Waals surface area contributed by atoms with Crippen LogP contribution in [0.15, 0.2) is 17.0 Å². The predicted molar refractivity (Wildman–Crippen MR) is 82.3 cm³/mol. The summed E-state index contributed by atoms with van der Waals surface area (Å²) in [6.45, 7) is 2.63. The van der Waals surface area contributed by atoms with Crippen LogP contribution in [0.1, 0.15) is 12.5 Å². The van der Waals surface area contributed by atoms with E-state index in [2.05, 4.69) is 0 Å². The maximum Gasteiger partial charge on any atom is 0.244 e. The number of ether oxygens (including phenoxy) is 1. The highest BCUT2D eigenvalue weighted by Gasteiger charge is 2.27. The van der Waals surface area contributed by atoms with Crippen molar-refractivity contribution < 1.29 is 13.2 Å². The smallest absolute Gasteiger partial charge is 0.244 e. The van der Waals surface area contributed by atoms with E-state index in [9.17, 15) is 8.42 Å². The van der Waals surface area contributed by atoms with Gasteiger partial charge in [0.2, 0.25) is 10.0 Å². The number of hydrogen-bond donors (Lipinski definition) is 0. The third-order valence-corrected chi connectivity index (χ3v) is 5.98. The molecule has 0 saturated carbocycles. The number of halogens is 3. The lowest BCUT2D eigenvalue weighted by atomic mass is 10.2. The fourth-order valence-corrected chi connectivity index (χ4v) is 4.41. The Bertz CT molecular complexity index is 563. The van der Waals surface area contributed by atoms with Gasteiger partial charge < -0.3 is 4.74 Å². The highest BCUT2D eigenvalue weighted by atomic mass is 35.5. The first-order chi connectivity index (χ1) is 9.39. The Balaban J connectivity index is 3.27. The molecule has 4 nitrogen and oxygen atoms in total. The van der Waals surface area contributed by atoms with Crippen LogP contribution in [0.3, 0.4) is 0 Å². The van der Waals surface area contributed by atoms with E-state index in [4.69, 9.17) is 39.5 Å². The van der Waals surface area contributed by atoms with E-state index >= 15 is 0 Å². The molecule has 0 fully saturated rings. The molecule has 1 aromatic rings. The summed E-state index contributed by atoms with van der Waals surface area (Å²) in [7, 11) is -2.18. The van der Waals surface area contributed by atoms with Crippen LogP contribution in [0, 0.1) is 0 Å². The molecule has 8 heteroatoms. The minimum atomic E-state index is -3.70. The summed E-state index contributed by atoms with van der Waals surface area (Å²) in [6.07, 6.45) is 0. The summed E-state index contributed by atoms with van der Waals surface area (Å²) in [6, 6.07) is 2.88. The van der Waals surface area contributed by atoms with Gasteiger partial charge in [0.1, 0.15) is 4.90 Å². The molecule has 1 rings (SSSR count). The molecule has 0 aromatic heterocycles. The maximum atomic E-state index is 12.6. The van der Waals surface area contributed by atoms with Gasteiger partial charge in [0.25, 0.3) is 0 Å². The van der Waals surface area contributed by atoms with Crippen molar-refractivity contribution in [2.45, 2.75) is 17.7 Å². The average molecular weight is 361 g/mol. The van der Waals surface area contributed by atoms with Crippen LogP contribution in [0.2, 0.25) is 10.0 Å². The Morgan fingerprint density at radius 3 is 2.45 bits per heavy atom. The first-order valence-corrected chi connectivity index (χ1v) is 8.65. The van der Waals surface area contributed by atoms with E-state index in [1.54, 1.807) is 6.92 Å². The first kappa shape index (κ1) is 18.0. The third kappa shape index (κ3) is 3.78. The lowest BCUT2D eigenvalue weighted by Gasteiger charge is -2.21. The molecule has 0 bridgehead atoms. The second kappa shape index (κ2) is 7.82. The minimum Gasteiger partial charge on any atom is -0.383 e. The summed E-state index contributed by atoms with van der Waals surface area (Å²) in [5.41, 5.74) is 0.416. The molecule has 0 amide bonds. The highest BCUT2D eigenvalue weighted by Crippen LogP contribution is 2.33. The van der Waals surface area contributed by atoms with E-state index in [0.29, 0.717) is 23.7 Å². The van der Waals surface area contributed by atoms with Gasteiger partial charge in [-0.1, -0.05) is 30.1 Å². The van der Waals surface area contributed by atoms with Gasteiger partial charge in [-0.05, 0) is 12.1 Å². The van der Waals surface area contributed by atoms with Gasteiger partial charge in [-0.15, -0.1) is 11.6 Å². The molecule has 0 aliphatic carbocycles. The normalized spacial score (nSPS) is 12.1. The Morgan fingerprint density at radius 1 is 1.30 bits per heavy atom. The van der Waals surface area contributed by atoms with Gasteiger partial charge in [-0.2, -0.15) is 4.31 Å². The van der Waals surface area contributed by atoms with E-state index in [0.717, 1.165) is 0 Å². The lowest BCUT2D eigenvalue weighted by molar-refractivity contribution is 0.180. The van der Waals surface area contributed by atoms with Crippen LogP contribution in [0.25, 0.3) is 0 Å². The van der Waals surface area contributed by atoms with Crippen molar-refractivity contribution in [3.05, 3.63) is 27.7 Å². The molecule has 114 valence electrons. The van der Waals surface area contributed by atoms with Crippen LogP contribution in [0.5, 0.6) is 0 Å². The van der Waals surface area contributed by atoms with Gasteiger partial charge in [-0.25, -0.2) is 8.42 Å². The van der Waals surface area contributed by atoms with Gasteiger partial charge in [0, 0.05) is 30.8 Å². The topological polar surface area (TPSA) is 46.6 Å². The SMILES string of the molecule is CCN(CCOC)S(=O)(=O)c1ccc(Cl)c(CCl)c1Cl. The Labute approximate surface area is 134 Å². The molecule has 0 radical (unpaired) electrons. The van der Waals surface area contributed by atoms with Crippen molar-refractivity contribution in [2.24, 2.45) is 0 Å². The number of methoxy groups -OCH3 is 1. The fourth-order valence-electron chi connectivity index (χ4n) is 1.68. The zero-order valence-corrected chi connectivity index (χ0v) is 14.3. The summed E-state index contributed by atoms with van der Waals surface area (Å²) in [5.74, 6) is 0.0468. The average Bonchev–Trinajstić information content (AvgIpc) is 2.39. The first-order valence-electron chi connectivity index (χ1n) is 5.92. The van der Waals surface area contributed by atoms with Crippen LogP contribution in [0.4, 0.5) is 0 Å². The second-order valence-electron chi connectivity index (χ2n) is 3.96. The third-order valence-electron chi connectivity index (χ3n) is 2.80. The number of likely N-dealkylation sites (N-methyl/N-ethyl adjacent to an activating group) is 1. The summed E-state index contributed by atoms with van der Waals surface area (Å²) in [5, 5.41) is 0.423. The molecule has 0 aliphatic rings. The van der Waals surface area contributed by atoms with Gasteiger partial charge in [-0.3, -0.25) is 0 Å². The summed E-state index contributed by atoms with van der Waals surface area (Å²) < 4.78 is 31.4. The van der Waals surface area contributed by atoms with Crippen molar-refractivity contribution in [2.75, 3.05) is 26.8 Å². The second-order valence-corrected chi connectivity index (χ2v) is 6.92. The number of benzene rings is 1. The molecule has 20 heavy (non-hydrogen) atoms. The number of sulfonamides is 1. The molecule has 0 heterocycles. The highest BCUT2D eigenvalue weighted by molar-refractivity contribution is 7.89. The van der Waals surface area contributed by atoms with E-state index < -0.39 is 10.0 Å². The van der Waals surface area contributed by atoms with Crippen molar-refractivity contribution in [3.63, 3.8) is 0 Å². The minimum absolute atomic E-state index is 0.0113. The summed E-state index contributed by atoms with van der Waals surface area (Å²) in [4.78, 5) is 0.0113. The van der Waals surface area contributed by atoms with Gasteiger partial charge in [0.15, 0.2) is 0 Å². The number of alkyl halides is 1. The lowest BCUT2D eigenvalue weighted by Crippen LogP contribution is -2.34. The Kier molecular flexibility index (Phi) is 7.04. The molecule has 0 spiro atoms. The molecule has 0 unspecified atom stereocenters. The standard InChI is InChI=1S/C12H16Cl3NO3S/c1-3-16(6-7-19-2)20(17,18)11-5-4-10(14)9(8-13)12(11)15/h4-5H,3,6-8H2,1-2H3. The molecule has 0 aliphatic heterocycles. The van der Waals surface area contributed by atoms with Crippen molar-refractivity contribution in [1.29, 1.82) is 0 Å². The quantitative estimate of drug-likeness (QED) is 0.700. The Morgan fingerprint density at radius 2 is 1.95 bits per heavy atom. The molecular weight excluding hydrogens is 345 g/mol.